The van der Waals surface area contributed by atoms with E-state index in [1.807, 2.05) is 12.1 Å². The van der Waals surface area contributed by atoms with Crippen molar-refractivity contribution in [1.82, 2.24) is 9.88 Å². The van der Waals surface area contributed by atoms with Crippen LogP contribution in [0.3, 0.4) is 0 Å². The van der Waals surface area contributed by atoms with Gasteiger partial charge in [0.1, 0.15) is 4.88 Å². The molecule has 3 N–H and O–H groups in total. The van der Waals surface area contributed by atoms with Gasteiger partial charge in [-0.15, -0.1) is 11.3 Å². The van der Waals surface area contributed by atoms with Crippen molar-refractivity contribution < 1.29 is 4.79 Å². The third-order valence-electron chi connectivity index (χ3n) is 2.58. The van der Waals surface area contributed by atoms with Gasteiger partial charge in [0.25, 0.3) is 5.91 Å². The number of aromatic nitrogens is 1. The maximum Gasteiger partial charge on any atom is 0.265 e. The Morgan fingerprint density at radius 1 is 1.42 bits per heavy atom. The first-order valence-corrected chi connectivity index (χ1v) is 6.63. The molecule has 0 unspecified atom stereocenters. The van der Waals surface area contributed by atoms with Gasteiger partial charge in [0, 0.05) is 33.0 Å². The number of anilines is 2. The third kappa shape index (κ3) is 3.23. The molecule has 6 heteroatoms. The van der Waals surface area contributed by atoms with Gasteiger partial charge in [0.2, 0.25) is 0 Å². The number of rotatable bonds is 4. The molecular weight excluding hydrogens is 260 g/mol. The second-order valence-corrected chi connectivity index (χ2v) is 5.36. The van der Waals surface area contributed by atoms with E-state index in [0.29, 0.717) is 17.1 Å². The molecule has 0 aromatic carbocycles. The lowest BCUT2D eigenvalue weighted by Gasteiger charge is -2.08. The maximum absolute atomic E-state index is 11.9. The topological polar surface area (TPSA) is 71.2 Å². The molecule has 2 rings (SSSR count). The summed E-state index contributed by atoms with van der Waals surface area (Å²) in [5.41, 5.74) is 7.50. The third-order valence-corrected chi connectivity index (χ3v) is 3.67. The average molecular weight is 276 g/mol. The first-order valence-electron chi connectivity index (χ1n) is 5.81. The largest absolute Gasteiger partial charge is 0.397 e. The second kappa shape index (κ2) is 5.71. The summed E-state index contributed by atoms with van der Waals surface area (Å²) in [5.74, 6) is -0.0699. The Kier molecular flexibility index (Phi) is 4.01. The van der Waals surface area contributed by atoms with E-state index in [2.05, 4.69) is 10.3 Å². The van der Waals surface area contributed by atoms with Crippen LogP contribution in [-0.4, -0.2) is 29.9 Å². The van der Waals surface area contributed by atoms with Crippen molar-refractivity contribution in [3.8, 4) is 0 Å². The minimum atomic E-state index is -0.0699. The number of hydrogen-bond donors (Lipinski definition) is 2. The summed E-state index contributed by atoms with van der Waals surface area (Å²) >= 11 is 1.37. The van der Waals surface area contributed by atoms with Gasteiger partial charge in [-0.25, -0.2) is 0 Å². The van der Waals surface area contributed by atoms with Gasteiger partial charge in [-0.2, -0.15) is 0 Å². The van der Waals surface area contributed by atoms with Crippen molar-refractivity contribution in [1.29, 1.82) is 0 Å². The molecule has 0 radical (unpaired) electrons. The molecule has 0 aliphatic rings. The Morgan fingerprint density at radius 2 is 2.11 bits per heavy atom. The number of nitrogen functional groups attached to an aromatic ring is 1. The summed E-state index contributed by atoms with van der Waals surface area (Å²) in [7, 11) is 3.43. The van der Waals surface area contributed by atoms with Gasteiger partial charge >= 0.3 is 0 Å². The van der Waals surface area contributed by atoms with Gasteiger partial charge < -0.3 is 16.0 Å². The molecule has 0 aliphatic heterocycles. The standard InChI is InChI=1S/C13H16N4OS/c1-17(2)13(18)12-10(14)7-11(19-12)16-8-9-3-5-15-6-4-9/h3-7,16H,8,14H2,1-2H3. The summed E-state index contributed by atoms with van der Waals surface area (Å²) in [6, 6.07) is 5.67. The molecule has 0 spiro atoms. The van der Waals surface area contributed by atoms with Crippen LogP contribution >= 0.6 is 11.3 Å². The van der Waals surface area contributed by atoms with Crippen LogP contribution in [0.15, 0.2) is 30.6 Å². The summed E-state index contributed by atoms with van der Waals surface area (Å²) in [4.78, 5) is 17.9. The molecule has 0 saturated carbocycles. The Morgan fingerprint density at radius 3 is 2.74 bits per heavy atom. The van der Waals surface area contributed by atoms with Crippen LogP contribution in [0.2, 0.25) is 0 Å². The summed E-state index contributed by atoms with van der Waals surface area (Å²) in [6.07, 6.45) is 3.50. The minimum absolute atomic E-state index is 0.0699. The normalized spacial score (nSPS) is 10.2. The number of amides is 1. The fourth-order valence-corrected chi connectivity index (χ4v) is 2.55. The first kappa shape index (κ1) is 13.4. The smallest absolute Gasteiger partial charge is 0.265 e. The number of hydrogen-bond acceptors (Lipinski definition) is 5. The Labute approximate surface area is 116 Å². The van der Waals surface area contributed by atoms with E-state index >= 15 is 0 Å². The minimum Gasteiger partial charge on any atom is -0.397 e. The molecule has 0 saturated heterocycles. The van der Waals surface area contributed by atoms with Crippen LogP contribution in [0.5, 0.6) is 0 Å². The maximum atomic E-state index is 11.9. The molecule has 1 amide bonds. The van der Waals surface area contributed by atoms with Gasteiger partial charge in [0.15, 0.2) is 0 Å². The Balaban J connectivity index is 2.06. The predicted octanol–water partition coefficient (Wildman–Crippen LogP) is 2.04. The lowest BCUT2D eigenvalue weighted by atomic mass is 10.3. The molecule has 19 heavy (non-hydrogen) atoms. The van der Waals surface area contributed by atoms with E-state index in [1.165, 1.54) is 16.2 Å². The van der Waals surface area contributed by atoms with Crippen molar-refractivity contribution in [3.05, 3.63) is 41.0 Å². The highest BCUT2D eigenvalue weighted by Gasteiger charge is 2.15. The molecule has 0 aliphatic carbocycles. The summed E-state index contributed by atoms with van der Waals surface area (Å²) in [5, 5.41) is 4.14. The predicted molar refractivity (Wildman–Crippen MR) is 78.3 cm³/mol. The molecular formula is C13H16N4OS. The molecule has 2 aromatic heterocycles. The van der Waals surface area contributed by atoms with Crippen LogP contribution in [-0.2, 0) is 6.54 Å². The zero-order valence-electron chi connectivity index (χ0n) is 10.9. The highest BCUT2D eigenvalue weighted by molar-refractivity contribution is 7.18. The van der Waals surface area contributed by atoms with Crippen LogP contribution in [0, 0.1) is 0 Å². The molecule has 0 bridgehead atoms. The van der Waals surface area contributed by atoms with Gasteiger partial charge in [0.05, 0.1) is 10.7 Å². The number of carbonyl (C=O) groups is 1. The van der Waals surface area contributed by atoms with Crippen molar-refractivity contribution in [3.63, 3.8) is 0 Å². The van der Waals surface area contributed by atoms with E-state index in [-0.39, 0.29) is 5.91 Å². The van der Waals surface area contributed by atoms with Gasteiger partial charge in [-0.1, -0.05) is 0 Å². The van der Waals surface area contributed by atoms with E-state index in [4.69, 9.17) is 5.73 Å². The van der Waals surface area contributed by atoms with E-state index in [9.17, 15) is 4.79 Å². The molecule has 5 nitrogen and oxygen atoms in total. The van der Waals surface area contributed by atoms with Gasteiger partial charge in [-0.3, -0.25) is 9.78 Å². The monoisotopic (exact) mass is 276 g/mol. The Bertz CT molecular complexity index is 565. The van der Waals surface area contributed by atoms with E-state index in [0.717, 1.165) is 10.6 Å². The zero-order valence-corrected chi connectivity index (χ0v) is 11.7. The molecule has 100 valence electrons. The number of nitrogens with one attached hydrogen (secondary N) is 1. The van der Waals surface area contributed by atoms with Crippen LogP contribution in [0.4, 0.5) is 10.7 Å². The highest BCUT2D eigenvalue weighted by Crippen LogP contribution is 2.30. The fraction of sp³-hybridized carbons (Fsp3) is 0.231. The van der Waals surface area contributed by atoms with Crippen LogP contribution in [0.1, 0.15) is 15.2 Å². The lowest BCUT2D eigenvalue weighted by molar-refractivity contribution is 0.0833. The Hall–Kier alpha value is -2.08. The molecule has 2 aromatic rings. The first-order chi connectivity index (χ1) is 9.08. The van der Waals surface area contributed by atoms with Crippen molar-refractivity contribution in [2.75, 3.05) is 25.1 Å². The van der Waals surface area contributed by atoms with E-state index in [1.54, 1.807) is 32.6 Å². The highest BCUT2D eigenvalue weighted by atomic mass is 32.1. The quantitative estimate of drug-likeness (QED) is 0.896. The van der Waals surface area contributed by atoms with Crippen molar-refractivity contribution in [2.24, 2.45) is 0 Å². The zero-order chi connectivity index (χ0) is 13.8. The second-order valence-electron chi connectivity index (χ2n) is 4.30. The number of nitrogens with zero attached hydrogens (tertiary/aromatic N) is 2. The summed E-state index contributed by atoms with van der Waals surface area (Å²) in [6.45, 7) is 0.679. The fourth-order valence-electron chi connectivity index (χ4n) is 1.55. The molecule has 0 atom stereocenters. The van der Waals surface area contributed by atoms with E-state index < -0.39 is 0 Å². The van der Waals surface area contributed by atoms with Crippen LogP contribution in [0.25, 0.3) is 0 Å². The SMILES string of the molecule is CN(C)C(=O)c1sc(NCc2ccncc2)cc1N. The number of thiophene rings is 1. The molecule has 0 fully saturated rings. The van der Waals surface area contributed by atoms with Gasteiger partial charge in [-0.05, 0) is 23.8 Å². The number of pyridine rings is 1. The van der Waals surface area contributed by atoms with Crippen molar-refractivity contribution >= 4 is 27.9 Å². The average Bonchev–Trinajstić information content (AvgIpc) is 2.78. The van der Waals surface area contributed by atoms with Crippen molar-refractivity contribution in [2.45, 2.75) is 6.54 Å². The number of carbonyl (C=O) groups excluding carboxylic acids is 1. The summed E-state index contributed by atoms with van der Waals surface area (Å²) < 4.78 is 0. The number of nitrogens with two attached hydrogens (primary N) is 1. The van der Waals surface area contributed by atoms with Crippen LogP contribution < -0.4 is 11.1 Å². The lowest BCUT2D eigenvalue weighted by Crippen LogP contribution is -2.21. The molecule has 2 heterocycles.